The first-order valence-electron chi connectivity index (χ1n) is 6.09. The molecule has 20 heavy (non-hydrogen) atoms. The Morgan fingerprint density at radius 1 is 1.40 bits per heavy atom. The van der Waals surface area contributed by atoms with Gasteiger partial charge in [0, 0.05) is 4.47 Å². The van der Waals surface area contributed by atoms with Crippen LogP contribution < -0.4 is 11.1 Å². The quantitative estimate of drug-likeness (QED) is 0.875. The molecule has 0 aliphatic heterocycles. The number of carbonyl (C=O) groups is 1. The zero-order valence-electron chi connectivity index (χ0n) is 10.7. The Morgan fingerprint density at radius 2 is 2.00 bits per heavy atom. The van der Waals surface area contributed by atoms with Crippen molar-refractivity contribution in [1.82, 2.24) is 0 Å². The topological polar surface area (TPSA) is 55.1 Å². The van der Waals surface area contributed by atoms with E-state index in [-0.39, 0.29) is 11.6 Å². The van der Waals surface area contributed by atoms with E-state index < -0.39 is 23.2 Å². The number of rotatable bonds is 3. The van der Waals surface area contributed by atoms with E-state index in [9.17, 15) is 18.0 Å². The highest BCUT2D eigenvalue weighted by Crippen LogP contribution is 2.40. The maximum absolute atomic E-state index is 12.9. The summed E-state index contributed by atoms with van der Waals surface area (Å²) in [6.45, 7) is 1.55. The van der Waals surface area contributed by atoms with Gasteiger partial charge in [-0.15, -0.1) is 0 Å². The van der Waals surface area contributed by atoms with Crippen molar-refractivity contribution in [3.63, 3.8) is 0 Å². The Morgan fingerprint density at radius 3 is 2.50 bits per heavy atom. The second-order valence-electron chi connectivity index (χ2n) is 5.20. The van der Waals surface area contributed by atoms with E-state index >= 15 is 0 Å². The Bertz CT molecular complexity index is 539. The van der Waals surface area contributed by atoms with E-state index in [1.807, 2.05) is 0 Å². The molecule has 1 aromatic carbocycles. The molecule has 0 bridgehead atoms. The van der Waals surface area contributed by atoms with Crippen LogP contribution in [-0.2, 0) is 11.0 Å². The number of nitrogens with one attached hydrogen (secondary N) is 1. The highest BCUT2D eigenvalue weighted by molar-refractivity contribution is 9.10. The predicted octanol–water partition coefficient (Wildman–Crippen LogP) is 3.53. The Labute approximate surface area is 122 Å². The van der Waals surface area contributed by atoms with Crippen LogP contribution in [0.3, 0.4) is 0 Å². The van der Waals surface area contributed by atoms with Gasteiger partial charge in [-0.2, -0.15) is 13.2 Å². The maximum atomic E-state index is 12.9. The highest BCUT2D eigenvalue weighted by atomic mass is 79.9. The van der Waals surface area contributed by atoms with Gasteiger partial charge < -0.3 is 11.1 Å². The monoisotopic (exact) mass is 350 g/mol. The number of benzene rings is 1. The molecule has 7 heteroatoms. The lowest BCUT2D eigenvalue weighted by atomic mass is 9.96. The van der Waals surface area contributed by atoms with Gasteiger partial charge in [0.25, 0.3) is 0 Å². The largest absolute Gasteiger partial charge is 0.418 e. The van der Waals surface area contributed by atoms with Crippen LogP contribution in [0, 0.1) is 5.92 Å². The van der Waals surface area contributed by atoms with Crippen LogP contribution in [0.5, 0.6) is 0 Å². The average molecular weight is 351 g/mol. The molecule has 1 atom stereocenters. The van der Waals surface area contributed by atoms with Crippen molar-refractivity contribution in [2.24, 2.45) is 11.7 Å². The third-order valence-corrected chi connectivity index (χ3v) is 3.94. The Balaban J connectivity index is 2.27. The minimum Gasteiger partial charge on any atom is -0.324 e. The summed E-state index contributed by atoms with van der Waals surface area (Å²) in [6.07, 6.45) is -2.89. The van der Waals surface area contributed by atoms with Crippen LogP contribution >= 0.6 is 15.9 Å². The van der Waals surface area contributed by atoms with E-state index in [4.69, 9.17) is 5.73 Å². The van der Waals surface area contributed by atoms with Crippen molar-refractivity contribution in [3.8, 4) is 0 Å². The minimum absolute atomic E-state index is 0.0345. The fraction of sp³-hybridized carbons (Fsp3) is 0.462. The molecule has 3 nitrogen and oxygen atoms in total. The smallest absolute Gasteiger partial charge is 0.324 e. The molecule has 1 amide bonds. The number of anilines is 1. The Hall–Kier alpha value is -1.08. The number of halogens is 4. The molecular weight excluding hydrogens is 337 g/mol. The van der Waals surface area contributed by atoms with Crippen molar-refractivity contribution >= 4 is 27.5 Å². The normalized spacial score (nSPS) is 18.5. The second kappa shape index (κ2) is 5.04. The molecule has 0 aromatic heterocycles. The molecule has 0 heterocycles. The fourth-order valence-electron chi connectivity index (χ4n) is 1.99. The van der Waals surface area contributed by atoms with Crippen LogP contribution in [0.2, 0.25) is 0 Å². The first-order valence-corrected chi connectivity index (χ1v) is 6.88. The first kappa shape index (κ1) is 15.3. The van der Waals surface area contributed by atoms with Crippen LogP contribution in [0.25, 0.3) is 0 Å². The predicted molar refractivity (Wildman–Crippen MR) is 73.1 cm³/mol. The van der Waals surface area contributed by atoms with E-state index in [1.165, 1.54) is 12.1 Å². The van der Waals surface area contributed by atoms with Crippen LogP contribution in [0.15, 0.2) is 22.7 Å². The molecule has 1 unspecified atom stereocenters. The van der Waals surface area contributed by atoms with Crippen molar-refractivity contribution in [3.05, 3.63) is 28.2 Å². The van der Waals surface area contributed by atoms with E-state index in [1.54, 1.807) is 6.92 Å². The number of amides is 1. The van der Waals surface area contributed by atoms with Gasteiger partial charge in [0.15, 0.2) is 0 Å². The van der Waals surface area contributed by atoms with Crippen molar-refractivity contribution in [2.45, 2.75) is 31.5 Å². The molecule has 1 aliphatic rings. The molecule has 2 rings (SSSR count). The van der Waals surface area contributed by atoms with Crippen molar-refractivity contribution in [2.75, 3.05) is 5.32 Å². The molecule has 1 fully saturated rings. The molecule has 3 N–H and O–H groups in total. The fourth-order valence-corrected chi connectivity index (χ4v) is 2.35. The van der Waals surface area contributed by atoms with Crippen molar-refractivity contribution < 1.29 is 18.0 Å². The lowest BCUT2D eigenvalue weighted by Gasteiger charge is -2.24. The van der Waals surface area contributed by atoms with Gasteiger partial charge in [0.1, 0.15) is 0 Å². The summed E-state index contributed by atoms with van der Waals surface area (Å²) in [6, 6.07) is 3.59. The van der Waals surface area contributed by atoms with Crippen LogP contribution in [0.4, 0.5) is 18.9 Å². The number of hydrogen-bond acceptors (Lipinski definition) is 2. The molecule has 0 spiro atoms. The standard InChI is InChI=1S/C13H14BrF3N2O/c1-12(18,7-2-3-7)11(20)19-10-5-4-8(14)6-9(10)13(15,16)17/h4-7H,2-3,18H2,1H3,(H,19,20). The molecule has 1 aliphatic carbocycles. The van der Waals surface area contributed by atoms with E-state index in [0.717, 1.165) is 18.9 Å². The van der Waals surface area contributed by atoms with Gasteiger partial charge >= 0.3 is 6.18 Å². The first-order chi connectivity index (χ1) is 9.12. The summed E-state index contributed by atoms with van der Waals surface area (Å²) in [7, 11) is 0. The SMILES string of the molecule is CC(N)(C(=O)Nc1ccc(Br)cc1C(F)(F)F)C1CC1. The number of alkyl halides is 3. The van der Waals surface area contributed by atoms with Crippen LogP contribution in [0.1, 0.15) is 25.3 Å². The van der Waals surface area contributed by atoms with E-state index in [0.29, 0.717) is 4.47 Å². The average Bonchev–Trinajstić information content (AvgIpc) is 3.14. The summed E-state index contributed by atoms with van der Waals surface area (Å²) in [5.74, 6) is -0.555. The number of nitrogens with two attached hydrogens (primary N) is 1. The zero-order chi connectivity index (χ0) is 15.1. The van der Waals surface area contributed by atoms with Crippen LogP contribution in [-0.4, -0.2) is 11.4 Å². The maximum Gasteiger partial charge on any atom is 0.418 e. The minimum atomic E-state index is -4.54. The summed E-state index contributed by atoms with van der Waals surface area (Å²) < 4.78 is 39.1. The second-order valence-corrected chi connectivity index (χ2v) is 6.11. The molecule has 1 aromatic rings. The number of carbonyl (C=O) groups excluding carboxylic acids is 1. The molecule has 110 valence electrons. The molecule has 0 radical (unpaired) electrons. The lowest BCUT2D eigenvalue weighted by Crippen LogP contribution is -2.50. The van der Waals surface area contributed by atoms with Crippen molar-refractivity contribution in [1.29, 1.82) is 0 Å². The third kappa shape index (κ3) is 3.15. The van der Waals surface area contributed by atoms with Gasteiger partial charge in [0.2, 0.25) is 5.91 Å². The van der Waals surface area contributed by atoms with Gasteiger partial charge in [-0.25, -0.2) is 0 Å². The summed E-state index contributed by atoms with van der Waals surface area (Å²) in [5.41, 5.74) is 3.59. The number of hydrogen-bond donors (Lipinski definition) is 2. The van der Waals surface area contributed by atoms with Gasteiger partial charge in [0.05, 0.1) is 16.8 Å². The zero-order valence-corrected chi connectivity index (χ0v) is 12.3. The highest BCUT2D eigenvalue weighted by Gasteiger charge is 2.44. The summed E-state index contributed by atoms with van der Waals surface area (Å²) in [5, 5.41) is 2.30. The van der Waals surface area contributed by atoms with Gasteiger partial charge in [-0.1, -0.05) is 15.9 Å². The third-order valence-electron chi connectivity index (χ3n) is 3.45. The van der Waals surface area contributed by atoms with E-state index in [2.05, 4.69) is 21.2 Å². The summed E-state index contributed by atoms with van der Waals surface area (Å²) in [4.78, 5) is 12.1. The Kier molecular flexibility index (Phi) is 3.85. The molecular formula is C13H14BrF3N2O. The van der Waals surface area contributed by atoms with Gasteiger partial charge in [-0.05, 0) is 43.9 Å². The van der Waals surface area contributed by atoms with Gasteiger partial charge in [-0.3, -0.25) is 4.79 Å². The lowest BCUT2D eigenvalue weighted by molar-refractivity contribution is -0.137. The molecule has 1 saturated carbocycles. The molecule has 0 saturated heterocycles. The summed E-state index contributed by atoms with van der Waals surface area (Å²) >= 11 is 2.99.